The Balaban J connectivity index is 1.86. The number of hydrogen-bond acceptors (Lipinski definition) is 5. The van der Waals surface area contributed by atoms with Crippen LogP contribution in [0.1, 0.15) is 11.4 Å². The number of nitrogens with one attached hydrogen (secondary N) is 2. The first-order valence-electron chi connectivity index (χ1n) is 6.25. The minimum atomic E-state index is -0.961. The number of carboxylic acid groups (broad SMARTS) is 1. The van der Waals surface area contributed by atoms with Crippen LogP contribution in [0.15, 0.2) is 48.8 Å². The van der Waals surface area contributed by atoms with Crippen molar-refractivity contribution < 1.29 is 9.90 Å². The molecule has 2 aromatic heterocycles. The van der Waals surface area contributed by atoms with Gasteiger partial charge in [0.25, 0.3) is 0 Å². The van der Waals surface area contributed by atoms with Gasteiger partial charge in [0.05, 0.1) is 11.4 Å². The highest BCUT2D eigenvalue weighted by Crippen LogP contribution is 1.96. The van der Waals surface area contributed by atoms with Gasteiger partial charge in [0.1, 0.15) is 0 Å². The van der Waals surface area contributed by atoms with Crippen LogP contribution in [0.4, 0.5) is 0 Å². The van der Waals surface area contributed by atoms with Gasteiger partial charge in [-0.15, -0.1) is 0 Å². The highest BCUT2D eigenvalue weighted by Gasteiger charge is 2.15. The van der Waals surface area contributed by atoms with Crippen molar-refractivity contribution in [3.63, 3.8) is 0 Å². The molecule has 2 rings (SSSR count). The highest BCUT2D eigenvalue weighted by molar-refractivity contribution is 5.72. The van der Waals surface area contributed by atoms with E-state index in [-0.39, 0.29) is 0 Å². The third-order valence-corrected chi connectivity index (χ3v) is 2.67. The molecule has 0 amide bonds. The number of nitrogens with zero attached hydrogens (tertiary/aromatic N) is 2. The van der Waals surface area contributed by atoms with Gasteiger partial charge in [-0.1, -0.05) is 12.1 Å². The molecule has 0 saturated heterocycles. The minimum Gasteiger partial charge on any atom is -0.479 e. The summed E-state index contributed by atoms with van der Waals surface area (Å²) >= 11 is 0. The van der Waals surface area contributed by atoms with Crippen LogP contribution in [0.3, 0.4) is 0 Å². The number of pyridine rings is 2. The van der Waals surface area contributed by atoms with E-state index in [1.54, 1.807) is 12.4 Å². The number of carbonyl (C=O) groups is 1. The maximum Gasteiger partial charge on any atom is 0.335 e. The molecule has 0 saturated carbocycles. The fourth-order valence-electron chi connectivity index (χ4n) is 1.67. The Bertz CT molecular complexity index is 490. The molecule has 0 atom stereocenters. The van der Waals surface area contributed by atoms with Crippen molar-refractivity contribution >= 4 is 5.97 Å². The summed E-state index contributed by atoms with van der Waals surface area (Å²) in [5.74, 6) is -0.961. The first-order chi connectivity index (χ1) is 9.75. The standard InChI is InChI=1S/C14H16N4O2/c19-14(20)13(17-9-11-5-1-3-7-15-11)18-10-12-6-2-4-8-16-12/h1-8,13,17-18H,9-10H2,(H,19,20). The van der Waals surface area contributed by atoms with E-state index in [1.165, 1.54) is 0 Å². The van der Waals surface area contributed by atoms with E-state index in [9.17, 15) is 4.79 Å². The van der Waals surface area contributed by atoms with Crippen LogP contribution in [-0.4, -0.2) is 27.2 Å². The minimum absolute atomic E-state index is 0.382. The van der Waals surface area contributed by atoms with Gasteiger partial charge in [0.2, 0.25) is 0 Å². The number of aromatic nitrogens is 2. The van der Waals surface area contributed by atoms with Crippen molar-refractivity contribution in [1.82, 2.24) is 20.6 Å². The molecule has 6 heteroatoms. The van der Waals surface area contributed by atoms with E-state index >= 15 is 0 Å². The Hall–Kier alpha value is -2.31. The largest absolute Gasteiger partial charge is 0.479 e. The summed E-state index contributed by atoms with van der Waals surface area (Å²) in [6.07, 6.45) is 2.50. The SMILES string of the molecule is O=C(O)C(NCc1ccccn1)NCc1ccccn1. The second-order valence-corrected chi connectivity index (χ2v) is 4.18. The number of hydrogen-bond donors (Lipinski definition) is 3. The average Bonchev–Trinajstić information content (AvgIpc) is 2.49. The van der Waals surface area contributed by atoms with E-state index in [0.717, 1.165) is 11.4 Å². The van der Waals surface area contributed by atoms with E-state index in [4.69, 9.17) is 5.11 Å². The molecule has 0 aliphatic heterocycles. The lowest BCUT2D eigenvalue weighted by Gasteiger charge is -2.15. The number of rotatable bonds is 7. The van der Waals surface area contributed by atoms with Gasteiger partial charge in [0, 0.05) is 25.5 Å². The Morgan fingerprint density at radius 1 is 1.00 bits per heavy atom. The van der Waals surface area contributed by atoms with E-state index in [0.29, 0.717) is 13.1 Å². The molecule has 0 fully saturated rings. The van der Waals surface area contributed by atoms with Crippen LogP contribution in [0, 0.1) is 0 Å². The van der Waals surface area contributed by atoms with Crippen molar-refractivity contribution in [2.24, 2.45) is 0 Å². The van der Waals surface area contributed by atoms with Gasteiger partial charge in [0.15, 0.2) is 6.17 Å². The van der Waals surface area contributed by atoms with E-state index in [1.807, 2.05) is 36.4 Å². The maximum atomic E-state index is 11.2. The molecule has 0 aromatic carbocycles. The maximum absolute atomic E-state index is 11.2. The van der Waals surface area contributed by atoms with Gasteiger partial charge in [-0.3, -0.25) is 20.6 Å². The summed E-state index contributed by atoms with van der Waals surface area (Å²) in [7, 11) is 0. The zero-order valence-electron chi connectivity index (χ0n) is 10.9. The molecule has 0 radical (unpaired) electrons. The topological polar surface area (TPSA) is 87.1 Å². The van der Waals surface area contributed by atoms with Gasteiger partial charge in [-0.05, 0) is 24.3 Å². The first kappa shape index (κ1) is 14.1. The molecule has 2 aromatic rings. The molecule has 104 valence electrons. The van der Waals surface area contributed by atoms with Gasteiger partial charge in [-0.25, -0.2) is 4.79 Å². The lowest BCUT2D eigenvalue weighted by Crippen LogP contribution is -2.47. The molecule has 0 bridgehead atoms. The summed E-state index contributed by atoms with van der Waals surface area (Å²) in [6, 6.07) is 11.0. The molecule has 0 unspecified atom stereocenters. The normalized spacial score (nSPS) is 10.7. The van der Waals surface area contributed by atoms with E-state index < -0.39 is 12.1 Å². The quantitative estimate of drug-likeness (QED) is 0.645. The fourth-order valence-corrected chi connectivity index (χ4v) is 1.67. The third-order valence-electron chi connectivity index (χ3n) is 2.67. The summed E-state index contributed by atoms with van der Waals surface area (Å²) < 4.78 is 0. The van der Waals surface area contributed by atoms with Crippen LogP contribution >= 0.6 is 0 Å². The summed E-state index contributed by atoms with van der Waals surface area (Å²) in [5.41, 5.74) is 1.58. The van der Waals surface area contributed by atoms with Gasteiger partial charge in [-0.2, -0.15) is 0 Å². The zero-order chi connectivity index (χ0) is 14.2. The molecule has 0 spiro atoms. The van der Waals surface area contributed by atoms with Crippen molar-refractivity contribution in [1.29, 1.82) is 0 Å². The molecule has 20 heavy (non-hydrogen) atoms. The first-order valence-corrected chi connectivity index (χ1v) is 6.25. The molecule has 6 nitrogen and oxygen atoms in total. The predicted octanol–water partition coefficient (Wildman–Crippen LogP) is 0.767. The van der Waals surface area contributed by atoms with Gasteiger partial charge < -0.3 is 5.11 Å². The van der Waals surface area contributed by atoms with Crippen LogP contribution in [0.2, 0.25) is 0 Å². The molecule has 0 aliphatic carbocycles. The molecule has 2 heterocycles. The van der Waals surface area contributed by atoms with Crippen LogP contribution < -0.4 is 10.6 Å². The second kappa shape index (κ2) is 7.32. The zero-order valence-corrected chi connectivity index (χ0v) is 10.9. The summed E-state index contributed by atoms with van der Waals surface area (Å²) in [5, 5.41) is 15.0. The predicted molar refractivity (Wildman–Crippen MR) is 73.6 cm³/mol. The lowest BCUT2D eigenvalue weighted by atomic mass is 10.3. The lowest BCUT2D eigenvalue weighted by molar-refractivity contribution is -0.140. The Morgan fingerprint density at radius 2 is 1.50 bits per heavy atom. The smallest absolute Gasteiger partial charge is 0.335 e. The van der Waals surface area contributed by atoms with Gasteiger partial charge >= 0.3 is 5.97 Å². The molecular weight excluding hydrogens is 256 g/mol. The van der Waals surface area contributed by atoms with E-state index in [2.05, 4.69) is 20.6 Å². The Kier molecular flexibility index (Phi) is 5.16. The fraction of sp³-hybridized carbons (Fsp3) is 0.214. The second-order valence-electron chi connectivity index (χ2n) is 4.18. The van der Waals surface area contributed by atoms with Crippen molar-refractivity contribution in [2.75, 3.05) is 0 Å². The Morgan fingerprint density at radius 3 is 1.85 bits per heavy atom. The monoisotopic (exact) mass is 272 g/mol. The highest BCUT2D eigenvalue weighted by atomic mass is 16.4. The summed E-state index contributed by atoms with van der Waals surface area (Å²) in [6.45, 7) is 0.764. The van der Waals surface area contributed by atoms with Crippen molar-refractivity contribution in [3.05, 3.63) is 60.2 Å². The number of carboxylic acids is 1. The van der Waals surface area contributed by atoms with Crippen LogP contribution in [0.5, 0.6) is 0 Å². The van der Waals surface area contributed by atoms with Crippen molar-refractivity contribution in [3.8, 4) is 0 Å². The molecule has 0 aliphatic rings. The average molecular weight is 272 g/mol. The Labute approximate surface area is 116 Å². The van der Waals surface area contributed by atoms with Crippen LogP contribution in [-0.2, 0) is 17.9 Å². The van der Waals surface area contributed by atoms with Crippen molar-refractivity contribution in [2.45, 2.75) is 19.3 Å². The van der Waals surface area contributed by atoms with Crippen LogP contribution in [0.25, 0.3) is 0 Å². The molecular formula is C14H16N4O2. The third kappa shape index (κ3) is 4.42. The summed E-state index contributed by atoms with van der Waals surface area (Å²) in [4.78, 5) is 19.4. The molecule has 3 N–H and O–H groups in total. The number of aliphatic carboxylic acids is 1.